The maximum absolute atomic E-state index is 10.4. The molecule has 0 spiro atoms. The zero-order valence-electron chi connectivity index (χ0n) is 8.47. The zero-order chi connectivity index (χ0) is 9.74. The molecular weight excluding hydrogens is 182 g/mol. The summed E-state index contributed by atoms with van der Waals surface area (Å²) in [6.45, 7) is 4.40. The molecule has 0 aromatic rings. The third-order valence-electron chi connectivity index (χ3n) is 3.52. The lowest BCUT2D eigenvalue weighted by atomic mass is 9.54. The van der Waals surface area contributed by atoms with Crippen LogP contribution in [0.5, 0.6) is 0 Å². The summed E-state index contributed by atoms with van der Waals surface area (Å²) in [5, 5.41) is 10.4. The molecule has 0 aromatic carbocycles. The van der Waals surface area contributed by atoms with Gasteiger partial charge in [0.2, 0.25) is 0 Å². The average molecular weight is 201 g/mol. The summed E-state index contributed by atoms with van der Waals surface area (Å²) in [5.74, 6) is 2.04. The summed E-state index contributed by atoms with van der Waals surface area (Å²) < 4.78 is 0. The highest BCUT2D eigenvalue weighted by Crippen LogP contribution is 2.55. The SMILES string of the molecule is CC1(C)CC(O)(C2(N)CCSC2)C1. The van der Waals surface area contributed by atoms with Crippen molar-refractivity contribution in [3.05, 3.63) is 0 Å². The smallest absolute Gasteiger partial charge is 0.0844 e. The molecule has 1 heterocycles. The van der Waals surface area contributed by atoms with Gasteiger partial charge in [-0.1, -0.05) is 13.8 Å². The molecule has 1 unspecified atom stereocenters. The Morgan fingerprint density at radius 1 is 1.31 bits per heavy atom. The average Bonchev–Trinajstić information content (AvgIpc) is 2.32. The highest BCUT2D eigenvalue weighted by molar-refractivity contribution is 7.99. The van der Waals surface area contributed by atoms with Gasteiger partial charge in [0.25, 0.3) is 0 Å². The van der Waals surface area contributed by atoms with Gasteiger partial charge in [0.15, 0.2) is 0 Å². The van der Waals surface area contributed by atoms with Crippen molar-refractivity contribution < 1.29 is 5.11 Å². The molecule has 0 radical (unpaired) electrons. The third kappa shape index (κ3) is 1.41. The van der Waals surface area contributed by atoms with E-state index in [0.29, 0.717) is 5.41 Å². The van der Waals surface area contributed by atoms with Crippen molar-refractivity contribution in [2.45, 2.75) is 44.2 Å². The van der Waals surface area contributed by atoms with Gasteiger partial charge >= 0.3 is 0 Å². The van der Waals surface area contributed by atoms with Gasteiger partial charge in [-0.15, -0.1) is 0 Å². The number of rotatable bonds is 1. The maximum Gasteiger partial charge on any atom is 0.0844 e. The monoisotopic (exact) mass is 201 g/mol. The van der Waals surface area contributed by atoms with E-state index in [-0.39, 0.29) is 5.54 Å². The van der Waals surface area contributed by atoms with E-state index in [0.717, 1.165) is 30.8 Å². The van der Waals surface area contributed by atoms with Crippen molar-refractivity contribution in [1.29, 1.82) is 0 Å². The van der Waals surface area contributed by atoms with Gasteiger partial charge in [-0.2, -0.15) is 11.8 Å². The van der Waals surface area contributed by atoms with Gasteiger partial charge in [0.1, 0.15) is 0 Å². The Balaban J connectivity index is 2.09. The lowest BCUT2D eigenvalue weighted by Crippen LogP contribution is -2.68. The van der Waals surface area contributed by atoms with E-state index in [1.807, 2.05) is 11.8 Å². The molecule has 1 aliphatic heterocycles. The Bertz CT molecular complexity index is 213. The first-order valence-corrected chi connectivity index (χ1v) is 6.12. The van der Waals surface area contributed by atoms with Crippen molar-refractivity contribution in [3.8, 4) is 0 Å². The minimum atomic E-state index is -0.569. The van der Waals surface area contributed by atoms with E-state index in [9.17, 15) is 5.11 Å². The molecule has 2 nitrogen and oxygen atoms in total. The molecule has 13 heavy (non-hydrogen) atoms. The lowest BCUT2D eigenvalue weighted by Gasteiger charge is -2.57. The van der Waals surface area contributed by atoms with Gasteiger partial charge in [-0.3, -0.25) is 0 Å². The van der Waals surface area contributed by atoms with E-state index in [4.69, 9.17) is 5.73 Å². The van der Waals surface area contributed by atoms with E-state index in [1.165, 1.54) is 0 Å². The van der Waals surface area contributed by atoms with Crippen molar-refractivity contribution in [3.63, 3.8) is 0 Å². The number of hydrogen-bond donors (Lipinski definition) is 2. The second-order valence-electron chi connectivity index (χ2n) is 5.51. The van der Waals surface area contributed by atoms with Crippen LogP contribution in [0.2, 0.25) is 0 Å². The predicted molar refractivity (Wildman–Crippen MR) is 56.8 cm³/mol. The van der Waals surface area contributed by atoms with E-state index < -0.39 is 5.60 Å². The number of aliphatic hydroxyl groups is 1. The summed E-state index contributed by atoms with van der Waals surface area (Å²) in [5.41, 5.74) is 5.68. The van der Waals surface area contributed by atoms with E-state index in [1.54, 1.807) is 0 Å². The van der Waals surface area contributed by atoms with Crippen molar-refractivity contribution in [2.24, 2.45) is 11.1 Å². The molecule has 0 bridgehead atoms. The molecule has 1 aliphatic carbocycles. The molecular formula is C10H19NOS. The van der Waals surface area contributed by atoms with Crippen molar-refractivity contribution >= 4 is 11.8 Å². The van der Waals surface area contributed by atoms with Crippen LogP contribution in [-0.4, -0.2) is 27.8 Å². The molecule has 76 valence electrons. The number of nitrogens with two attached hydrogens (primary N) is 1. The highest BCUT2D eigenvalue weighted by Gasteiger charge is 2.59. The van der Waals surface area contributed by atoms with Crippen LogP contribution in [0.25, 0.3) is 0 Å². The minimum absolute atomic E-state index is 0.298. The van der Waals surface area contributed by atoms with Gasteiger partial charge in [-0.25, -0.2) is 0 Å². The normalized spacial score (nSPS) is 41.5. The Morgan fingerprint density at radius 3 is 2.31 bits per heavy atom. The Kier molecular flexibility index (Phi) is 2.00. The molecule has 2 rings (SSSR count). The topological polar surface area (TPSA) is 46.2 Å². The molecule has 3 N–H and O–H groups in total. The van der Waals surface area contributed by atoms with Crippen LogP contribution in [0, 0.1) is 5.41 Å². The largest absolute Gasteiger partial charge is 0.388 e. The van der Waals surface area contributed by atoms with Crippen molar-refractivity contribution in [2.75, 3.05) is 11.5 Å². The van der Waals surface area contributed by atoms with Crippen LogP contribution in [0.15, 0.2) is 0 Å². The standard InChI is InChI=1S/C10H19NOS/c1-8(2)5-10(12,6-8)9(11)3-4-13-7-9/h12H,3-7,11H2,1-2H3. The maximum atomic E-state index is 10.4. The molecule has 3 heteroatoms. The fourth-order valence-corrected chi connectivity index (χ4v) is 4.26. The van der Waals surface area contributed by atoms with Crippen LogP contribution in [0.4, 0.5) is 0 Å². The van der Waals surface area contributed by atoms with Crippen LogP contribution >= 0.6 is 11.8 Å². The number of thioether (sulfide) groups is 1. The molecule has 1 saturated carbocycles. The lowest BCUT2D eigenvalue weighted by molar-refractivity contribution is -0.154. The van der Waals surface area contributed by atoms with Gasteiger partial charge < -0.3 is 10.8 Å². The van der Waals surface area contributed by atoms with Crippen LogP contribution in [0.1, 0.15) is 33.1 Å². The summed E-state index contributed by atoms with van der Waals surface area (Å²) in [6.07, 6.45) is 2.72. The molecule has 0 amide bonds. The Hall–Kier alpha value is 0.270. The highest BCUT2D eigenvalue weighted by atomic mass is 32.2. The van der Waals surface area contributed by atoms with Gasteiger partial charge in [0, 0.05) is 5.75 Å². The predicted octanol–water partition coefficient (Wildman–Crippen LogP) is 1.37. The first-order valence-electron chi connectivity index (χ1n) is 4.96. The summed E-state index contributed by atoms with van der Waals surface area (Å²) in [6, 6.07) is 0. The van der Waals surface area contributed by atoms with Gasteiger partial charge in [-0.05, 0) is 30.4 Å². The molecule has 1 atom stereocenters. The summed E-state index contributed by atoms with van der Waals surface area (Å²) >= 11 is 1.87. The fourth-order valence-electron chi connectivity index (χ4n) is 2.83. The fraction of sp³-hybridized carbons (Fsp3) is 1.00. The summed E-state index contributed by atoms with van der Waals surface area (Å²) in [4.78, 5) is 0. The van der Waals surface area contributed by atoms with Crippen molar-refractivity contribution in [1.82, 2.24) is 0 Å². The van der Waals surface area contributed by atoms with Crippen LogP contribution < -0.4 is 5.73 Å². The number of hydrogen-bond acceptors (Lipinski definition) is 3. The Morgan fingerprint density at radius 2 is 1.92 bits per heavy atom. The third-order valence-corrected chi connectivity index (χ3v) is 4.73. The molecule has 2 aliphatic rings. The molecule has 1 saturated heterocycles. The van der Waals surface area contributed by atoms with E-state index in [2.05, 4.69) is 13.8 Å². The summed E-state index contributed by atoms with van der Waals surface area (Å²) in [7, 11) is 0. The second kappa shape index (κ2) is 2.65. The van der Waals surface area contributed by atoms with Crippen LogP contribution in [0.3, 0.4) is 0 Å². The van der Waals surface area contributed by atoms with Gasteiger partial charge in [0.05, 0.1) is 11.1 Å². The van der Waals surface area contributed by atoms with E-state index >= 15 is 0 Å². The molecule has 0 aromatic heterocycles. The first kappa shape index (κ1) is 9.81. The molecule has 2 fully saturated rings. The quantitative estimate of drug-likeness (QED) is 0.673. The van der Waals surface area contributed by atoms with Crippen LogP contribution in [-0.2, 0) is 0 Å². The zero-order valence-corrected chi connectivity index (χ0v) is 9.28. The first-order chi connectivity index (χ1) is 5.87. The minimum Gasteiger partial charge on any atom is -0.388 e. The second-order valence-corrected chi connectivity index (χ2v) is 6.61. The Labute approximate surface area is 84.3 Å².